The Bertz CT molecular complexity index is 997. The minimum absolute atomic E-state index is 0.00510. The number of hydrazine groups is 1. The molecule has 1 saturated heterocycles. The predicted octanol–water partition coefficient (Wildman–Crippen LogP) is 0.662. The lowest BCUT2D eigenvalue weighted by Crippen LogP contribution is -2.42. The molecule has 1 aromatic heterocycles. The van der Waals surface area contributed by atoms with Crippen molar-refractivity contribution in [1.29, 1.82) is 0 Å². The molecule has 1 atom stereocenters. The molecule has 1 unspecified atom stereocenters. The van der Waals surface area contributed by atoms with Gasteiger partial charge in [0.15, 0.2) is 0 Å². The Morgan fingerprint density at radius 1 is 1.21 bits per heavy atom. The Morgan fingerprint density at radius 3 is 2.69 bits per heavy atom. The monoisotopic (exact) mass is 439 g/mol. The normalized spacial score (nSPS) is 16.4. The number of hydrogen-bond acceptors (Lipinski definition) is 7. The Labute approximate surface area is 172 Å². The van der Waals surface area contributed by atoms with Crippen LogP contribution in [-0.4, -0.2) is 49.5 Å². The molecule has 0 radical (unpaired) electrons. The summed E-state index contributed by atoms with van der Waals surface area (Å²) in [4.78, 5) is 31.5. The van der Waals surface area contributed by atoms with E-state index in [2.05, 4.69) is 25.5 Å². The summed E-state index contributed by atoms with van der Waals surface area (Å²) >= 11 is 6.02. The summed E-state index contributed by atoms with van der Waals surface area (Å²) in [6.45, 7) is 0.715. The number of benzene rings is 1. The van der Waals surface area contributed by atoms with Gasteiger partial charge in [-0.05, 0) is 31.0 Å². The fraction of sp³-hybridized carbons (Fsp3) is 0.294. The molecule has 1 fully saturated rings. The molecule has 2 aromatic rings. The Balaban J connectivity index is 1.67. The standard InChI is InChI=1S/C17H18ClN5O5S/c18-13-4-3-11(16(24)22-23-17(25)14-10-19-5-6-20-14)8-15(13)29(26,27)21-9-12-2-1-7-28-12/h3-6,8,10,12,21H,1-2,7,9H2,(H,22,24)(H,23,25). The smallest absolute Gasteiger partial charge is 0.289 e. The molecule has 0 spiro atoms. The van der Waals surface area contributed by atoms with E-state index in [0.717, 1.165) is 18.9 Å². The largest absolute Gasteiger partial charge is 0.377 e. The van der Waals surface area contributed by atoms with Crippen LogP contribution < -0.4 is 15.6 Å². The van der Waals surface area contributed by atoms with Gasteiger partial charge in [-0.25, -0.2) is 18.1 Å². The molecule has 154 valence electrons. The molecule has 29 heavy (non-hydrogen) atoms. The van der Waals surface area contributed by atoms with Crippen molar-refractivity contribution in [3.63, 3.8) is 0 Å². The van der Waals surface area contributed by atoms with Crippen LogP contribution in [-0.2, 0) is 14.8 Å². The summed E-state index contributed by atoms with van der Waals surface area (Å²) in [5, 5.41) is -0.0371. The zero-order valence-corrected chi connectivity index (χ0v) is 16.7. The van der Waals surface area contributed by atoms with Crippen molar-refractivity contribution in [2.45, 2.75) is 23.8 Å². The van der Waals surface area contributed by atoms with E-state index in [1.807, 2.05) is 0 Å². The van der Waals surface area contributed by atoms with Crippen LogP contribution in [0.25, 0.3) is 0 Å². The van der Waals surface area contributed by atoms with Crippen molar-refractivity contribution in [2.24, 2.45) is 0 Å². The van der Waals surface area contributed by atoms with Crippen molar-refractivity contribution in [3.8, 4) is 0 Å². The number of halogens is 1. The molecule has 10 nitrogen and oxygen atoms in total. The van der Waals surface area contributed by atoms with Crippen LogP contribution in [0.2, 0.25) is 5.02 Å². The van der Waals surface area contributed by atoms with E-state index in [1.165, 1.54) is 30.7 Å². The lowest BCUT2D eigenvalue weighted by Gasteiger charge is -2.13. The van der Waals surface area contributed by atoms with Gasteiger partial charge in [0.25, 0.3) is 11.8 Å². The zero-order chi connectivity index (χ0) is 20.9. The third-order valence-corrected chi connectivity index (χ3v) is 6.00. The molecule has 0 saturated carbocycles. The van der Waals surface area contributed by atoms with Crippen molar-refractivity contribution < 1.29 is 22.7 Å². The number of nitrogens with zero attached hydrogens (tertiary/aromatic N) is 2. The molecule has 1 aromatic carbocycles. The van der Waals surface area contributed by atoms with Crippen LogP contribution in [0, 0.1) is 0 Å². The van der Waals surface area contributed by atoms with Gasteiger partial charge in [0.1, 0.15) is 10.6 Å². The first-order chi connectivity index (χ1) is 13.9. The van der Waals surface area contributed by atoms with Gasteiger partial charge in [0.05, 0.1) is 17.3 Å². The second-order valence-corrected chi connectivity index (χ2v) is 8.27. The first-order valence-corrected chi connectivity index (χ1v) is 10.5. The molecule has 0 aliphatic carbocycles. The highest BCUT2D eigenvalue weighted by molar-refractivity contribution is 7.89. The van der Waals surface area contributed by atoms with Crippen molar-refractivity contribution in [3.05, 3.63) is 53.1 Å². The van der Waals surface area contributed by atoms with Gasteiger partial charge in [-0.15, -0.1) is 0 Å². The van der Waals surface area contributed by atoms with Crippen molar-refractivity contribution in [2.75, 3.05) is 13.2 Å². The third-order valence-electron chi connectivity index (χ3n) is 4.09. The van der Waals surface area contributed by atoms with E-state index in [-0.39, 0.29) is 33.8 Å². The van der Waals surface area contributed by atoms with Gasteiger partial charge in [-0.1, -0.05) is 11.6 Å². The molecule has 1 aliphatic rings. The lowest BCUT2D eigenvalue weighted by atomic mass is 10.2. The number of ether oxygens (including phenoxy) is 1. The van der Waals surface area contributed by atoms with Crippen LogP contribution in [0.5, 0.6) is 0 Å². The van der Waals surface area contributed by atoms with Gasteiger partial charge in [-0.2, -0.15) is 0 Å². The summed E-state index contributed by atoms with van der Waals surface area (Å²) in [5.41, 5.74) is 4.36. The number of carbonyl (C=O) groups excluding carboxylic acids is 2. The number of amides is 2. The second kappa shape index (κ2) is 9.27. The van der Waals surface area contributed by atoms with Crippen molar-refractivity contribution >= 4 is 33.4 Å². The highest BCUT2D eigenvalue weighted by atomic mass is 35.5. The van der Waals surface area contributed by atoms with E-state index < -0.39 is 21.8 Å². The topological polar surface area (TPSA) is 139 Å². The molecule has 3 N–H and O–H groups in total. The molecular weight excluding hydrogens is 422 g/mol. The van der Waals surface area contributed by atoms with Crippen LogP contribution >= 0.6 is 11.6 Å². The minimum Gasteiger partial charge on any atom is -0.377 e. The number of aromatic nitrogens is 2. The average Bonchev–Trinajstić information content (AvgIpc) is 3.25. The summed E-state index contributed by atoms with van der Waals surface area (Å²) in [7, 11) is -3.96. The fourth-order valence-electron chi connectivity index (χ4n) is 2.60. The molecule has 1 aliphatic heterocycles. The van der Waals surface area contributed by atoms with Gasteiger partial charge in [-0.3, -0.25) is 25.4 Å². The van der Waals surface area contributed by atoms with Crippen LogP contribution in [0.1, 0.15) is 33.7 Å². The van der Waals surface area contributed by atoms with Gasteiger partial charge < -0.3 is 4.74 Å². The molecule has 2 heterocycles. The maximum atomic E-state index is 12.6. The molecule has 12 heteroatoms. The lowest BCUT2D eigenvalue weighted by molar-refractivity contribution is 0.0843. The first-order valence-electron chi connectivity index (χ1n) is 8.64. The summed E-state index contributed by atoms with van der Waals surface area (Å²) in [5.74, 6) is -1.40. The highest BCUT2D eigenvalue weighted by Gasteiger charge is 2.23. The van der Waals surface area contributed by atoms with Gasteiger partial charge in [0.2, 0.25) is 10.0 Å². The summed E-state index contributed by atoms with van der Waals surface area (Å²) in [6.07, 6.45) is 5.42. The Kier molecular flexibility index (Phi) is 6.75. The molecule has 3 rings (SSSR count). The highest BCUT2D eigenvalue weighted by Crippen LogP contribution is 2.23. The number of hydrogen-bond donors (Lipinski definition) is 3. The van der Waals surface area contributed by atoms with E-state index in [4.69, 9.17) is 16.3 Å². The maximum Gasteiger partial charge on any atom is 0.289 e. The van der Waals surface area contributed by atoms with Gasteiger partial charge in [0, 0.05) is 31.1 Å². The Morgan fingerprint density at radius 2 is 2.00 bits per heavy atom. The molecular formula is C17H18ClN5O5S. The SMILES string of the molecule is O=C(NNC(=O)c1cnccn1)c1ccc(Cl)c(S(=O)(=O)NCC2CCCO2)c1. The van der Waals surface area contributed by atoms with E-state index >= 15 is 0 Å². The van der Waals surface area contributed by atoms with Crippen LogP contribution in [0.15, 0.2) is 41.7 Å². The molecule has 0 bridgehead atoms. The first kappa shape index (κ1) is 21.1. The second-order valence-electron chi connectivity index (χ2n) is 6.13. The Hall–Kier alpha value is -2.60. The zero-order valence-electron chi connectivity index (χ0n) is 15.1. The summed E-state index contributed by atoms with van der Waals surface area (Å²) < 4.78 is 33.0. The number of rotatable bonds is 6. The third kappa shape index (κ3) is 5.48. The van der Waals surface area contributed by atoms with E-state index in [1.54, 1.807) is 0 Å². The van der Waals surface area contributed by atoms with Crippen molar-refractivity contribution in [1.82, 2.24) is 25.5 Å². The number of carbonyl (C=O) groups is 2. The average molecular weight is 440 g/mol. The molecule has 2 amide bonds. The van der Waals surface area contributed by atoms with E-state index in [9.17, 15) is 18.0 Å². The predicted molar refractivity (Wildman–Crippen MR) is 103 cm³/mol. The quantitative estimate of drug-likeness (QED) is 0.562. The van der Waals surface area contributed by atoms with Crippen LogP contribution in [0.4, 0.5) is 0 Å². The maximum absolute atomic E-state index is 12.6. The minimum atomic E-state index is -3.96. The number of nitrogens with one attached hydrogen (secondary N) is 3. The van der Waals surface area contributed by atoms with Gasteiger partial charge >= 0.3 is 0 Å². The number of sulfonamides is 1. The van der Waals surface area contributed by atoms with Crippen LogP contribution in [0.3, 0.4) is 0 Å². The van der Waals surface area contributed by atoms with E-state index in [0.29, 0.717) is 6.61 Å². The summed E-state index contributed by atoms with van der Waals surface area (Å²) in [6, 6.07) is 3.76. The fourth-order valence-corrected chi connectivity index (χ4v) is 4.19.